The van der Waals surface area contributed by atoms with Crippen LogP contribution >= 0.6 is 0 Å². The van der Waals surface area contributed by atoms with Gasteiger partial charge in [0.15, 0.2) is 0 Å². The standard InChI is InChI=1S/C45H53N5/c1-4-41-35(2)47-49(36(41)3)40-25-26-42(43-34-48(29-27-46-43)28-17-22-37-18-9-5-10-19-37)45(33-40)50(30-15-8-16-31-50)44(39-23-13-7-14-24-39)32-38-20-11-6-12-21-38/h5-7,9-14,17-26,33,43-44H,4,8,15-16,27-32,34H2,1-3H3/q+1. The van der Waals surface area contributed by atoms with Crippen LogP contribution in [-0.2, 0) is 12.8 Å². The topological polar surface area (TPSA) is 35.2 Å². The van der Waals surface area contributed by atoms with Crippen LogP contribution in [0, 0.1) is 13.8 Å². The Hall–Kier alpha value is -4.29. The Balaban J connectivity index is 1.34. The van der Waals surface area contributed by atoms with E-state index in [0.29, 0.717) is 0 Å². The van der Waals surface area contributed by atoms with Gasteiger partial charge in [-0.1, -0.05) is 110 Å². The minimum Gasteiger partial charge on any atom is -0.296 e. The van der Waals surface area contributed by atoms with Crippen LogP contribution in [0.15, 0.2) is 115 Å². The maximum Gasteiger partial charge on any atom is 0.140 e. The third-order valence-corrected chi connectivity index (χ3v) is 11.2. The molecule has 3 heterocycles. The highest BCUT2D eigenvalue weighted by molar-refractivity contribution is 5.60. The van der Waals surface area contributed by atoms with Crippen molar-refractivity contribution >= 4 is 11.8 Å². The van der Waals surface area contributed by atoms with Gasteiger partial charge < -0.3 is 0 Å². The summed E-state index contributed by atoms with van der Waals surface area (Å²) in [5.41, 5.74) is 11.8. The van der Waals surface area contributed by atoms with Gasteiger partial charge in [0.1, 0.15) is 11.7 Å². The number of hydrogen-bond donors (Lipinski definition) is 0. The van der Waals surface area contributed by atoms with Gasteiger partial charge in [0, 0.05) is 55.5 Å². The maximum atomic E-state index is 5.37. The van der Waals surface area contributed by atoms with E-state index >= 15 is 0 Å². The van der Waals surface area contributed by atoms with E-state index in [9.17, 15) is 0 Å². The second kappa shape index (κ2) is 15.7. The third-order valence-electron chi connectivity index (χ3n) is 11.2. The number of rotatable bonds is 11. The number of nitrogens with zero attached hydrogens (tertiary/aromatic N) is 5. The molecule has 0 aliphatic carbocycles. The van der Waals surface area contributed by atoms with Gasteiger partial charge in [0.25, 0.3) is 0 Å². The van der Waals surface area contributed by atoms with Gasteiger partial charge in [0.2, 0.25) is 0 Å². The van der Waals surface area contributed by atoms with E-state index in [4.69, 9.17) is 10.4 Å². The highest BCUT2D eigenvalue weighted by Crippen LogP contribution is 2.45. The highest BCUT2D eigenvalue weighted by atomic mass is 15.4. The molecule has 0 bridgehead atoms. The number of aromatic nitrogens is 2. The molecule has 5 aromatic rings. The van der Waals surface area contributed by atoms with E-state index in [1.807, 2.05) is 0 Å². The number of piperazine rings is 1. The quantitative estimate of drug-likeness (QED) is 0.132. The summed E-state index contributed by atoms with van der Waals surface area (Å²) in [6.45, 7) is 12.6. The lowest BCUT2D eigenvalue weighted by molar-refractivity contribution is 0.159. The average Bonchev–Trinajstić information content (AvgIpc) is 3.47. The lowest BCUT2D eigenvalue weighted by Gasteiger charge is -2.49. The molecule has 257 valence electrons. The molecule has 2 aliphatic rings. The number of hydrogen-bond acceptors (Lipinski definition) is 2. The molecule has 7 rings (SSSR count). The maximum absolute atomic E-state index is 5.37. The molecule has 1 aromatic heterocycles. The van der Waals surface area contributed by atoms with E-state index in [0.717, 1.165) is 68.0 Å². The molecule has 1 radical (unpaired) electrons. The normalized spacial score (nSPS) is 18.7. The zero-order chi connectivity index (χ0) is 34.3. The molecular formula is C45H53N5+. The third kappa shape index (κ3) is 7.27. The predicted molar refractivity (Wildman–Crippen MR) is 209 cm³/mol. The highest BCUT2D eigenvalue weighted by Gasteiger charge is 2.44. The summed E-state index contributed by atoms with van der Waals surface area (Å²) in [5.74, 6) is 0. The first-order chi connectivity index (χ1) is 24.6. The van der Waals surface area contributed by atoms with Gasteiger partial charge >= 0.3 is 0 Å². The smallest absolute Gasteiger partial charge is 0.140 e. The van der Waals surface area contributed by atoms with Gasteiger partial charge in [-0.3, -0.25) is 9.38 Å². The summed E-state index contributed by atoms with van der Waals surface area (Å²) in [4.78, 5) is 2.59. The van der Waals surface area contributed by atoms with Crippen molar-refractivity contribution in [1.82, 2.24) is 24.5 Å². The Morgan fingerprint density at radius 2 is 1.54 bits per heavy atom. The Bertz CT molecular complexity index is 1850. The first-order valence-electron chi connectivity index (χ1n) is 18.8. The zero-order valence-electron chi connectivity index (χ0n) is 30.2. The van der Waals surface area contributed by atoms with E-state index in [2.05, 4.69) is 152 Å². The first kappa shape index (κ1) is 34.2. The van der Waals surface area contributed by atoms with Gasteiger partial charge in [0.05, 0.1) is 30.5 Å². The van der Waals surface area contributed by atoms with Gasteiger partial charge in [-0.2, -0.15) is 5.10 Å². The molecule has 4 aromatic carbocycles. The number of quaternary nitrogens is 1. The molecule has 50 heavy (non-hydrogen) atoms. The van der Waals surface area contributed by atoms with Crippen LogP contribution < -0.4 is 9.80 Å². The Morgan fingerprint density at radius 1 is 0.840 bits per heavy atom. The second-order valence-electron chi connectivity index (χ2n) is 14.3. The molecule has 2 fully saturated rings. The van der Waals surface area contributed by atoms with E-state index < -0.39 is 0 Å². The lowest BCUT2D eigenvalue weighted by atomic mass is 9.88. The van der Waals surface area contributed by atoms with Crippen molar-refractivity contribution < 1.29 is 0 Å². The van der Waals surface area contributed by atoms with Crippen molar-refractivity contribution in [1.29, 1.82) is 0 Å². The lowest BCUT2D eigenvalue weighted by Crippen LogP contribution is -2.56. The molecule has 0 N–H and O–H groups in total. The molecular weight excluding hydrogens is 611 g/mol. The SMILES string of the molecule is CCc1c(C)nn(-c2ccc(C3CN(CC=Cc4ccccc4)CC[N]3)c([N+]3(C(Cc4ccccc4)c4ccccc4)CCCCC3)c2)c1C. The van der Waals surface area contributed by atoms with Crippen LogP contribution in [0.1, 0.15) is 77.5 Å². The van der Waals surface area contributed by atoms with Crippen LogP contribution in [0.5, 0.6) is 0 Å². The number of piperidine rings is 1. The summed E-state index contributed by atoms with van der Waals surface area (Å²) in [6, 6.07) is 40.8. The fraction of sp³-hybridized carbons (Fsp3) is 0.356. The molecule has 2 aliphatic heterocycles. The minimum atomic E-state index is 0.120. The van der Waals surface area contributed by atoms with Crippen molar-refractivity contribution in [3.05, 3.63) is 154 Å². The van der Waals surface area contributed by atoms with Crippen molar-refractivity contribution in [2.75, 3.05) is 39.3 Å². The van der Waals surface area contributed by atoms with E-state index in [1.54, 1.807) is 0 Å². The summed E-state index contributed by atoms with van der Waals surface area (Å²) >= 11 is 0. The monoisotopic (exact) mass is 663 g/mol. The molecule has 2 atom stereocenters. The largest absolute Gasteiger partial charge is 0.296 e. The second-order valence-corrected chi connectivity index (χ2v) is 14.3. The molecule has 0 spiro atoms. The van der Waals surface area contributed by atoms with E-state index in [-0.39, 0.29) is 12.1 Å². The summed E-state index contributed by atoms with van der Waals surface area (Å²) < 4.78 is 3.15. The average molecular weight is 664 g/mol. The van der Waals surface area contributed by atoms with Crippen molar-refractivity contribution in [3.8, 4) is 5.69 Å². The first-order valence-corrected chi connectivity index (χ1v) is 18.8. The van der Waals surface area contributed by atoms with Gasteiger partial charge in [-0.05, 0) is 68.4 Å². The van der Waals surface area contributed by atoms with Crippen LogP contribution in [0.3, 0.4) is 0 Å². The Kier molecular flexibility index (Phi) is 10.7. The minimum absolute atomic E-state index is 0.120. The predicted octanol–water partition coefficient (Wildman–Crippen LogP) is 9.20. The van der Waals surface area contributed by atoms with Crippen molar-refractivity contribution in [2.24, 2.45) is 0 Å². The summed E-state index contributed by atoms with van der Waals surface area (Å²) in [6.07, 6.45) is 10.3. The molecule has 5 heteroatoms. The van der Waals surface area contributed by atoms with Gasteiger partial charge in [-0.25, -0.2) is 10.00 Å². The number of aryl methyl sites for hydroxylation is 1. The molecule has 5 nitrogen and oxygen atoms in total. The van der Waals surface area contributed by atoms with Crippen LogP contribution in [0.2, 0.25) is 0 Å². The summed E-state index contributed by atoms with van der Waals surface area (Å²) in [5, 5.41) is 10.5. The fourth-order valence-corrected chi connectivity index (χ4v) is 8.67. The van der Waals surface area contributed by atoms with Crippen LogP contribution in [-0.4, -0.2) is 53.9 Å². The van der Waals surface area contributed by atoms with Crippen LogP contribution in [0.25, 0.3) is 11.8 Å². The fourth-order valence-electron chi connectivity index (χ4n) is 8.67. The van der Waals surface area contributed by atoms with E-state index in [1.165, 1.54) is 58.5 Å². The molecule has 0 amide bonds. The molecule has 2 saturated heterocycles. The van der Waals surface area contributed by atoms with Crippen molar-refractivity contribution in [3.63, 3.8) is 0 Å². The van der Waals surface area contributed by atoms with Crippen molar-refractivity contribution in [2.45, 2.75) is 65.0 Å². The molecule has 0 saturated carbocycles. The molecule has 2 unspecified atom stereocenters. The zero-order valence-corrected chi connectivity index (χ0v) is 30.2. The van der Waals surface area contributed by atoms with Gasteiger partial charge in [-0.15, -0.1) is 0 Å². The Labute approximate surface area is 299 Å². The van der Waals surface area contributed by atoms with Crippen LogP contribution in [0.4, 0.5) is 5.69 Å². The number of benzene rings is 4. The Morgan fingerprint density at radius 3 is 2.24 bits per heavy atom. The summed E-state index contributed by atoms with van der Waals surface area (Å²) in [7, 11) is 0. The number of likely N-dealkylation sites (tertiary alicyclic amines) is 1.